The van der Waals surface area contributed by atoms with Crippen LogP contribution in [0.3, 0.4) is 0 Å². The van der Waals surface area contributed by atoms with Gasteiger partial charge in [-0.25, -0.2) is 0 Å². The van der Waals surface area contributed by atoms with E-state index in [-0.39, 0.29) is 5.54 Å². The first kappa shape index (κ1) is 16.8. The second-order valence-corrected chi connectivity index (χ2v) is 8.16. The number of ether oxygens (including phenoxy) is 1. The molecule has 0 bridgehead atoms. The normalized spacial score (nSPS) is 22.5. The molecule has 1 aromatic carbocycles. The van der Waals surface area contributed by atoms with Gasteiger partial charge in [-0.1, -0.05) is 22.4 Å². The summed E-state index contributed by atoms with van der Waals surface area (Å²) in [6, 6.07) is 6.33. The summed E-state index contributed by atoms with van der Waals surface area (Å²) in [7, 11) is 1.76. The molecule has 0 aromatic heterocycles. The molecule has 1 saturated carbocycles. The van der Waals surface area contributed by atoms with Crippen molar-refractivity contribution < 1.29 is 4.74 Å². The second-order valence-electron chi connectivity index (χ2n) is 7.24. The summed E-state index contributed by atoms with van der Waals surface area (Å²) >= 11 is 3.58. The van der Waals surface area contributed by atoms with Crippen molar-refractivity contribution in [3.8, 4) is 5.75 Å². The zero-order valence-electron chi connectivity index (χ0n) is 13.7. The minimum Gasteiger partial charge on any atom is -0.496 e. The molecule has 1 aliphatic rings. The third-order valence-corrected chi connectivity index (χ3v) is 4.93. The van der Waals surface area contributed by atoms with Crippen molar-refractivity contribution in [2.75, 3.05) is 13.7 Å². The van der Waals surface area contributed by atoms with Crippen LogP contribution in [0.4, 0.5) is 0 Å². The highest BCUT2D eigenvalue weighted by atomic mass is 79.9. The van der Waals surface area contributed by atoms with Crippen molar-refractivity contribution in [2.24, 2.45) is 11.8 Å². The summed E-state index contributed by atoms with van der Waals surface area (Å²) in [6.45, 7) is 7.86. The maximum absolute atomic E-state index is 5.52. The molecule has 1 fully saturated rings. The molecule has 2 unspecified atom stereocenters. The van der Waals surface area contributed by atoms with E-state index >= 15 is 0 Å². The molecule has 0 saturated heterocycles. The topological polar surface area (TPSA) is 21.3 Å². The van der Waals surface area contributed by atoms with Crippen LogP contribution in [-0.4, -0.2) is 19.2 Å². The molecule has 0 spiro atoms. The Labute approximate surface area is 137 Å². The van der Waals surface area contributed by atoms with Gasteiger partial charge >= 0.3 is 0 Å². The number of methoxy groups -OCH3 is 1. The summed E-state index contributed by atoms with van der Waals surface area (Å²) in [5, 5.41) is 3.68. The first-order chi connectivity index (χ1) is 9.89. The lowest BCUT2D eigenvalue weighted by Crippen LogP contribution is -2.40. The molecule has 1 N–H and O–H groups in total. The van der Waals surface area contributed by atoms with Gasteiger partial charge in [0.05, 0.1) is 7.11 Å². The van der Waals surface area contributed by atoms with Crippen LogP contribution >= 0.6 is 15.9 Å². The summed E-state index contributed by atoms with van der Waals surface area (Å²) in [4.78, 5) is 0. The van der Waals surface area contributed by atoms with Crippen molar-refractivity contribution in [3.63, 3.8) is 0 Å². The van der Waals surface area contributed by atoms with Crippen LogP contribution in [0.15, 0.2) is 22.7 Å². The number of rotatable bonds is 5. The van der Waals surface area contributed by atoms with Gasteiger partial charge in [0.2, 0.25) is 0 Å². The van der Waals surface area contributed by atoms with Gasteiger partial charge in [-0.05, 0) is 82.2 Å². The molecular weight excluding hydrogens is 326 g/mol. The average Bonchev–Trinajstić information content (AvgIpc) is 2.83. The van der Waals surface area contributed by atoms with Crippen molar-refractivity contribution in [1.29, 1.82) is 0 Å². The number of hydrogen-bond acceptors (Lipinski definition) is 2. The molecule has 2 rings (SSSR count). The lowest BCUT2D eigenvalue weighted by Gasteiger charge is -2.27. The molecule has 0 amide bonds. The van der Waals surface area contributed by atoms with Crippen molar-refractivity contribution in [2.45, 2.75) is 52.0 Å². The van der Waals surface area contributed by atoms with E-state index in [0.717, 1.165) is 35.0 Å². The van der Waals surface area contributed by atoms with E-state index in [4.69, 9.17) is 4.74 Å². The van der Waals surface area contributed by atoms with Gasteiger partial charge in [-0.3, -0.25) is 0 Å². The lowest BCUT2D eigenvalue weighted by molar-refractivity contribution is 0.314. The van der Waals surface area contributed by atoms with E-state index in [1.165, 1.54) is 24.8 Å². The molecule has 2 nitrogen and oxygen atoms in total. The van der Waals surface area contributed by atoms with Crippen molar-refractivity contribution >= 4 is 15.9 Å². The van der Waals surface area contributed by atoms with Crippen LogP contribution in [0.2, 0.25) is 0 Å². The zero-order chi connectivity index (χ0) is 15.5. The number of hydrogen-bond donors (Lipinski definition) is 1. The summed E-state index contributed by atoms with van der Waals surface area (Å²) < 4.78 is 6.66. The van der Waals surface area contributed by atoms with E-state index < -0.39 is 0 Å². The second kappa shape index (κ2) is 7.15. The predicted octanol–water partition coefficient (Wildman–Crippen LogP) is 4.80. The average molecular weight is 354 g/mol. The fraction of sp³-hybridized carbons (Fsp3) is 0.667. The quantitative estimate of drug-likeness (QED) is 0.820. The minimum atomic E-state index is 0.209. The van der Waals surface area contributed by atoms with Gasteiger partial charge in [-0.15, -0.1) is 0 Å². The Morgan fingerprint density at radius 2 is 1.95 bits per heavy atom. The zero-order valence-corrected chi connectivity index (χ0v) is 15.3. The third-order valence-electron chi connectivity index (χ3n) is 4.44. The molecule has 21 heavy (non-hydrogen) atoms. The van der Waals surface area contributed by atoms with Crippen molar-refractivity contribution in [1.82, 2.24) is 5.32 Å². The van der Waals surface area contributed by atoms with E-state index in [1.54, 1.807) is 7.11 Å². The highest BCUT2D eigenvalue weighted by Gasteiger charge is 2.28. The van der Waals surface area contributed by atoms with Gasteiger partial charge in [0.15, 0.2) is 0 Å². The standard InChI is InChI=1S/C18H28BrNO/c1-18(2,3)20-12-14-7-5-6-13(14)10-15-11-16(19)8-9-17(15)21-4/h8-9,11,13-14,20H,5-7,10,12H2,1-4H3. The largest absolute Gasteiger partial charge is 0.496 e. The predicted molar refractivity (Wildman–Crippen MR) is 93.0 cm³/mol. The fourth-order valence-corrected chi connectivity index (χ4v) is 3.69. The van der Waals surface area contributed by atoms with Crippen LogP contribution in [0.25, 0.3) is 0 Å². The van der Waals surface area contributed by atoms with Crippen LogP contribution in [0.1, 0.15) is 45.6 Å². The maximum atomic E-state index is 5.52. The lowest BCUT2D eigenvalue weighted by atomic mass is 9.88. The molecule has 118 valence electrons. The van der Waals surface area contributed by atoms with Gasteiger partial charge < -0.3 is 10.1 Å². The molecule has 3 heteroatoms. The Balaban J connectivity index is 2.02. The molecule has 2 atom stereocenters. The van der Waals surface area contributed by atoms with Crippen LogP contribution in [0.5, 0.6) is 5.75 Å². The van der Waals surface area contributed by atoms with E-state index in [0.29, 0.717) is 0 Å². The molecule has 1 aromatic rings. The first-order valence-electron chi connectivity index (χ1n) is 7.96. The molecule has 0 heterocycles. The highest BCUT2D eigenvalue weighted by Crippen LogP contribution is 2.36. The van der Waals surface area contributed by atoms with Gasteiger partial charge in [0, 0.05) is 10.0 Å². The van der Waals surface area contributed by atoms with E-state index in [1.807, 2.05) is 0 Å². The molecule has 0 radical (unpaired) electrons. The SMILES string of the molecule is COc1ccc(Br)cc1CC1CCCC1CNC(C)(C)C. The Kier molecular flexibility index (Phi) is 5.73. The van der Waals surface area contributed by atoms with Crippen LogP contribution < -0.4 is 10.1 Å². The smallest absolute Gasteiger partial charge is 0.122 e. The Bertz CT molecular complexity index is 467. The fourth-order valence-electron chi connectivity index (χ4n) is 3.28. The van der Waals surface area contributed by atoms with E-state index in [2.05, 4.69) is 60.2 Å². The van der Waals surface area contributed by atoms with Gasteiger partial charge in [0.25, 0.3) is 0 Å². The Hall–Kier alpha value is -0.540. The van der Waals surface area contributed by atoms with Gasteiger partial charge in [0.1, 0.15) is 5.75 Å². The summed E-state index contributed by atoms with van der Waals surface area (Å²) in [5.74, 6) is 2.57. The Morgan fingerprint density at radius 1 is 1.24 bits per heavy atom. The van der Waals surface area contributed by atoms with Crippen LogP contribution in [-0.2, 0) is 6.42 Å². The molecule has 1 aliphatic carbocycles. The first-order valence-corrected chi connectivity index (χ1v) is 8.76. The molecule has 0 aliphatic heterocycles. The highest BCUT2D eigenvalue weighted by molar-refractivity contribution is 9.10. The maximum Gasteiger partial charge on any atom is 0.122 e. The van der Waals surface area contributed by atoms with Gasteiger partial charge in [-0.2, -0.15) is 0 Å². The number of benzene rings is 1. The monoisotopic (exact) mass is 353 g/mol. The summed E-state index contributed by atoms with van der Waals surface area (Å²) in [6.07, 6.45) is 5.17. The number of halogens is 1. The molecular formula is C18H28BrNO. The summed E-state index contributed by atoms with van der Waals surface area (Å²) in [5.41, 5.74) is 1.54. The number of nitrogens with one attached hydrogen (secondary N) is 1. The minimum absolute atomic E-state index is 0.209. The van der Waals surface area contributed by atoms with Crippen molar-refractivity contribution in [3.05, 3.63) is 28.2 Å². The third kappa shape index (κ3) is 5.00. The van der Waals surface area contributed by atoms with Crippen LogP contribution in [0, 0.1) is 11.8 Å². The van der Waals surface area contributed by atoms with E-state index in [9.17, 15) is 0 Å². The Morgan fingerprint density at radius 3 is 2.62 bits per heavy atom.